The molecule has 1 fully saturated rings. The molecule has 0 aliphatic carbocycles. The maximum absolute atomic E-state index is 12.5. The number of hydrogen-bond acceptors (Lipinski definition) is 5. The fourth-order valence-corrected chi connectivity index (χ4v) is 3.48. The van der Waals surface area contributed by atoms with Gasteiger partial charge in [-0.25, -0.2) is 0 Å². The third-order valence-electron chi connectivity index (χ3n) is 5.24. The number of carbonyl (C=O) groups excluding carboxylic acids is 2. The van der Waals surface area contributed by atoms with Crippen molar-refractivity contribution in [3.05, 3.63) is 60.2 Å². The Bertz CT molecular complexity index is 903. The molecule has 1 aliphatic rings. The Balaban J connectivity index is 1.39. The van der Waals surface area contributed by atoms with Gasteiger partial charge in [0.2, 0.25) is 11.8 Å². The summed E-state index contributed by atoms with van der Waals surface area (Å²) >= 11 is 0. The van der Waals surface area contributed by atoms with E-state index in [0.717, 1.165) is 35.8 Å². The van der Waals surface area contributed by atoms with Crippen molar-refractivity contribution in [3.8, 4) is 11.5 Å². The molecule has 0 spiro atoms. The summed E-state index contributed by atoms with van der Waals surface area (Å²) in [4.78, 5) is 28.6. The summed E-state index contributed by atoms with van der Waals surface area (Å²) < 4.78 is 10.5. The molecular weight excluding hydrogens is 394 g/mol. The molecule has 1 heterocycles. The monoisotopic (exact) mass is 423 g/mol. The lowest BCUT2D eigenvalue weighted by molar-refractivity contribution is -0.131. The van der Waals surface area contributed by atoms with Crippen molar-refractivity contribution in [2.75, 3.05) is 51.8 Å². The van der Waals surface area contributed by atoms with Crippen molar-refractivity contribution in [1.29, 1.82) is 0 Å². The molecule has 0 aromatic heterocycles. The summed E-state index contributed by atoms with van der Waals surface area (Å²) in [6.45, 7) is 3.13. The molecule has 164 valence electrons. The van der Waals surface area contributed by atoms with Gasteiger partial charge in [0.1, 0.15) is 11.5 Å². The average Bonchev–Trinajstić information content (AvgIpc) is 2.83. The summed E-state index contributed by atoms with van der Waals surface area (Å²) in [5, 5.41) is 2.77. The highest BCUT2D eigenvalue weighted by Crippen LogP contribution is 2.28. The van der Waals surface area contributed by atoms with E-state index >= 15 is 0 Å². The van der Waals surface area contributed by atoms with E-state index < -0.39 is 0 Å². The minimum absolute atomic E-state index is 0.0547. The quantitative estimate of drug-likeness (QED) is 0.661. The van der Waals surface area contributed by atoms with Gasteiger partial charge >= 0.3 is 0 Å². The molecule has 2 amide bonds. The number of ether oxygens (including phenoxy) is 2. The van der Waals surface area contributed by atoms with Gasteiger partial charge in [-0.15, -0.1) is 0 Å². The van der Waals surface area contributed by atoms with Gasteiger partial charge in [-0.05, 0) is 35.9 Å². The van der Waals surface area contributed by atoms with Gasteiger partial charge in [0.05, 0.1) is 19.9 Å². The van der Waals surface area contributed by atoms with Crippen LogP contribution in [-0.2, 0) is 9.59 Å². The zero-order chi connectivity index (χ0) is 22.1. The number of methoxy groups -OCH3 is 2. The molecule has 3 rings (SSSR count). The Morgan fingerprint density at radius 1 is 0.968 bits per heavy atom. The largest absolute Gasteiger partial charge is 0.497 e. The molecule has 1 N–H and O–H groups in total. The normalized spacial score (nSPS) is 13.9. The molecule has 7 heteroatoms. The highest BCUT2D eigenvalue weighted by Gasteiger charge is 2.22. The molecule has 0 radical (unpaired) electrons. The zero-order valence-corrected chi connectivity index (χ0v) is 18.0. The fourth-order valence-electron chi connectivity index (χ4n) is 3.48. The molecule has 7 nitrogen and oxygen atoms in total. The van der Waals surface area contributed by atoms with Gasteiger partial charge in [0.25, 0.3) is 0 Å². The molecule has 0 bridgehead atoms. The molecule has 1 aliphatic heterocycles. The molecule has 1 saturated heterocycles. The maximum Gasteiger partial charge on any atom is 0.244 e. The van der Waals surface area contributed by atoms with Crippen molar-refractivity contribution in [2.45, 2.75) is 6.42 Å². The molecular formula is C24H29N3O4. The Hall–Kier alpha value is -3.48. The van der Waals surface area contributed by atoms with E-state index in [9.17, 15) is 9.59 Å². The Morgan fingerprint density at radius 2 is 1.68 bits per heavy atom. The lowest BCUT2D eigenvalue weighted by atomic mass is 10.2. The Kier molecular flexibility index (Phi) is 7.92. The number of para-hydroxylation sites is 2. The SMILES string of the molecule is COc1ccc(/C=C/C(=O)NCCC(=O)N2CCN(c3ccccc3OC)CC2)cc1. The summed E-state index contributed by atoms with van der Waals surface area (Å²) in [6, 6.07) is 15.3. The van der Waals surface area contributed by atoms with Gasteiger partial charge < -0.3 is 24.6 Å². The second-order valence-corrected chi connectivity index (χ2v) is 7.19. The van der Waals surface area contributed by atoms with Crippen molar-refractivity contribution in [3.63, 3.8) is 0 Å². The van der Waals surface area contributed by atoms with E-state index in [0.29, 0.717) is 19.6 Å². The van der Waals surface area contributed by atoms with Gasteiger partial charge in [-0.3, -0.25) is 9.59 Å². The lowest BCUT2D eigenvalue weighted by Gasteiger charge is -2.36. The van der Waals surface area contributed by atoms with Crippen LogP contribution in [0.1, 0.15) is 12.0 Å². The molecule has 2 aromatic carbocycles. The van der Waals surface area contributed by atoms with Crippen LogP contribution in [0.15, 0.2) is 54.6 Å². The number of piperazine rings is 1. The highest BCUT2D eigenvalue weighted by atomic mass is 16.5. The van der Waals surface area contributed by atoms with Crippen LogP contribution in [0.3, 0.4) is 0 Å². The predicted octanol–water partition coefficient (Wildman–Crippen LogP) is 2.57. The molecule has 0 atom stereocenters. The smallest absolute Gasteiger partial charge is 0.244 e. The van der Waals surface area contributed by atoms with E-state index in [1.54, 1.807) is 20.3 Å². The van der Waals surface area contributed by atoms with Crippen molar-refractivity contribution in [2.24, 2.45) is 0 Å². The van der Waals surface area contributed by atoms with Crippen LogP contribution >= 0.6 is 0 Å². The third-order valence-corrected chi connectivity index (χ3v) is 5.24. The summed E-state index contributed by atoms with van der Waals surface area (Å²) in [5.74, 6) is 1.44. The summed E-state index contributed by atoms with van der Waals surface area (Å²) in [7, 11) is 3.28. The third kappa shape index (κ3) is 6.25. The van der Waals surface area contributed by atoms with Crippen LogP contribution < -0.4 is 19.7 Å². The summed E-state index contributed by atoms with van der Waals surface area (Å²) in [5.41, 5.74) is 1.95. The fraction of sp³-hybridized carbons (Fsp3) is 0.333. The number of benzene rings is 2. The number of nitrogens with zero attached hydrogens (tertiary/aromatic N) is 2. The van der Waals surface area contributed by atoms with Crippen LogP contribution in [0.25, 0.3) is 6.08 Å². The molecule has 2 aromatic rings. The first-order valence-electron chi connectivity index (χ1n) is 10.4. The van der Waals surface area contributed by atoms with Gasteiger partial charge in [0, 0.05) is 45.2 Å². The van der Waals surface area contributed by atoms with Crippen molar-refractivity contribution >= 4 is 23.6 Å². The van der Waals surface area contributed by atoms with Crippen LogP contribution in [0.5, 0.6) is 11.5 Å². The highest BCUT2D eigenvalue weighted by molar-refractivity contribution is 5.92. The number of rotatable bonds is 8. The average molecular weight is 424 g/mol. The second kappa shape index (κ2) is 11.1. The number of anilines is 1. The van der Waals surface area contributed by atoms with Gasteiger partial charge in [-0.2, -0.15) is 0 Å². The van der Waals surface area contributed by atoms with Gasteiger partial charge in [0.15, 0.2) is 0 Å². The topological polar surface area (TPSA) is 71.1 Å². The lowest BCUT2D eigenvalue weighted by Crippen LogP contribution is -2.49. The number of carbonyl (C=O) groups is 2. The minimum Gasteiger partial charge on any atom is -0.497 e. The maximum atomic E-state index is 12.5. The van der Waals surface area contributed by atoms with Crippen LogP contribution in [0, 0.1) is 0 Å². The first-order chi connectivity index (χ1) is 15.1. The molecule has 0 saturated carbocycles. The molecule has 31 heavy (non-hydrogen) atoms. The standard InChI is InChI=1S/C24H29N3O4/c1-30-20-10-7-19(8-11-20)9-12-23(28)25-14-13-24(29)27-17-15-26(16-18-27)21-5-3-4-6-22(21)31-2/h3-12H,13-18H2,1-2H3,(H,25,28)/b12-9+. The van der Waals surface area contributed by atoms with Gasteiger partial charge in [-0.1, -0.05) is 24.3 Å². The van der Waals surface area contributed by atoms with E-state index in [4.69, 9.17) is 9.47 Å². The second-order valence-electron chi connectivity index (χ2n) is 7.19. The van der Waals surface area contributed by atoms with Crippen LogP contribution in [0.4, 0.5) is 5.69 Å². The van der Waals surface area contributed by atoms with E-state index in [1.807, 2.05) is 53.4 Å². The number of hydrogen-bond donors (Lipinski definition) is 1. The Labute approximate surface area is 183 Å². The van der Waals surface area contributed by atoms with Crippen molar-refractivity contribution < 1.29 is 19.1 Å². The number of nitrogens with one attached hydrogen (secondary N) is 1. The zero-order valence-electron chi connectivity index (χ0n) is 18.0. The first-order valence-corrected chi connectivity index (χ1v) is 10.4. The first kappa shape index (κ1) is 22.2. The van der Waals surface area contributed by atoms with E-state index in [2.05, 4.69) is 10.2 Å². The van der Waals surface area contributed by atoms with Crippen molar-refractivity contribution in [1.82, 2.24) is 10.2 Å². The number of amides is 2. The minimum atomic E-state index is -0.218. The van der Waals surface area contributed by atoms with E-state index in [-0.39, 0.29) is 18.2 Å². The summed E-state index contributed by atoms with van der Waals surface area (Å²) in [6.07, 6.45) is 3.49. The molecule has 0 unspecified atom stereocenters. The van der Waals surface area contributed by atoms with Crippen LogP contribution in [-0.4, -0.2) is 63.7 Å². The van der Waals surface area contributed by atoms with Crippen LogP contribution in [0.2, 0.25) is 0 Å². The predicted molar refractivity (Wildman–Crippen MR) is 121 cm³/mol. The Morgan fingerprint density at radius 3 is 2.35 bits per heavy atom. The van der Waals surface area contributed by atoms with E-state index in [1.165, 1.54) is 6.08 Å².